The van der Waals surface area contributed by atoms with E-state index >= 15 is 0 Å². The van der Waals surface area contributed by atoms with E-state index in [2.05, 4.69) is 5.32 Å². The molecule has 8 heteroatoms. The van der Waals surface area contributed by atoms with Crippen molar-refractivity contribution in [3.63, 3.8) is 0 Å². The number of benzene rings is 1. The van der Waals surface area contributed by atoms with Gasteiger partial charge in [0.25, 0.3) is 0 Å². The number of allylic oxidation sites excluding steroid dienone is 3. The van der Waals surface area contributed by atoms with Crippen LogP contribution in [0.3, 0.4) is 0 Å². The fourth-order valence-corrected chi connectivity index (χ4v) is 5.38. The second kappa shape index (κ2) is 9.52. The third-order valence-electron chi connectivity index (χ3n) is 7.08. The third kappa shape index (κ3) is 4.17. The zero-order chi connectivity index (χ0) is 24.6. The summed E-state index contributed by atoms with van der Waals surface area (Å²) in [7, 11) is 2.70. The normalized spacial score (nSPS) is 25.1. The third-order valence-corrected chi connectivity index (χ3v) is 7.08. The van der Waals surface area contributed by atoms with E-state index in [4.69, 9.17) is 14.2 Å². The number of esters is 2. The average molecular weight is 470 g/mol. The van der Waals surface area contributed by atoms with Crippen LogP contribution in [0.2, 0.25) is 0 Å². The number of phenolic OH excluding ortho intramolecular Hbond substituents is 1. The van der Waals surface area contributed by atoms with Gasteiger partial charge in [0.05, 0.1) is 19.8 Å². The topological polar surface area (TPSA) is 111 Å². The van der Waals surface area contributed by atoms with Gasteiger partial charge in [0.2, 0.25) is 0 Å². The number of ether oxygens (including phenoxy) is 3. The molecule has 2 N–H and O–H groups in total. The lowest BCUT2D eigenvalue weighted by Crippen LogP contribution is -2.43. The Hall–Kier alpha value is -3.29. The molecule has 4 rings (SSSR count). The first-order chi connectivity index (χ1) is 16.3. The minimum atomic E-state index is -0.961. The molecule has 1 aliphatic heterocycles. The summed E-state index contributed by atoms with van der Waals surface area (Å²) in [4.78, 5) is 39.7. The van der Waals surface area contributed by atoms with E-state index < -0.39 is 23.8 Å². The molecule has 2 aliphatic carbocycles. The molecule has 1 heterocycles. The predicted octanol–water partition coefficient (Wildman–Crippen LogP) is 3.50. The average Bonchev–Trinajstić information content (AvgIpc) is 3.31. The van der Waals surface area contributed by atoms with Crippen LogP contribution in [0.15, 0.2) is 40.7 Å². The maximum atomic E-state index is 13.7. The van der Waals surface area contributed by atoms with Crippen LogP contribution in [-0.4, -0.2) is 43.2 Å². The van der Waals surface area contributed by atoms with E-state index in [0.717, 1.165) is 25.7 Å². The Kier molecular flexibility index (Phi) is 6.68. The highest BCUT2D eigenvalue weighted by atomic mass is 16.5. The molecule has 3 atom stereocenters. The molecule has 34 heavy (non-hydrogen) atoms. The lowest BCUT2D eigenvalue weighted by atomic mass is 9.69. The van der Waals surface area contributed by atoms with Crippen LogP contribution in [-0.2, 0) is 23.9 Å². The number of ketones is 1. The molecule has 0 amide bonds. The highest BCUT2D eigenvalue weighted by Crippen LogP contribution is 2.47. The fraction of sp³-hybridized carbons (Fsp3) is 0.500. The maximum Gasteiger partial charge on any atom is 0.337 e. The van der Waals surface area contributed by atoms with Gasteiger partial charge in [-0.2, -0.15) is 0 Å². The second-order valence-corrected chi connectivity index (χ2v) is 9.28. The maximum absolute atomic E-state index is 13.7. The molecule has 0 unspecified atom stereocenters. The Labute approximate surface area is 199 Å². The van der Waals surface area contributed by atoms with Crippen molar-refractivity contribution < 1.29 is 33.7 Å². The number of rotatable bonds is 5. The number of nitrogens with one attached hydrogen (secondary N) is 1. The van der Waals surface area contributed by atoms with Crippen LogP contribution in [0.4, 0.5) is 0 Å². The lowest BCUT2D eigenvalue weighted by Gasteiger charge is -2.38. The SMILES string of the molecule is COC(=O)[C@@H]1C(=O)C2=C(C[C@@H]1C)NC(C)=C(C(=O)OC1CCCC1)[C@@H]2c1ccc(O)c(OC)c1. The number of carbonyl (C=O) groups excluding carboxylic acids is 3. The van der Waals surface area contributed by atoms with Crippen LogP contribution in [0.1, 0.15) is 57.4 Å². The van der Waals surface area contributed by atoms with Crippen molar-refractivity contribution in [3.05, 3.63) is 46.3 Å². The molecule has 0 saturated heterocycles. The van der Waals surface area contributed by atoms with Gasteiger partial charge in [-0.1, -0.05) is 13.0 Å². The van der Waals surface area contributed by atoms with Gasteiger partial charge in [0, 0.05) is 22.9 Å². The van der Waals surface area contributed by atoms with E-state index in [1.165, 1.54) is 20.3 Å². The first kappa shape index (κ1) is 23.9. The summed E-state index contributed by atoms with van der Waals surface area (Å²) in [5.41, 5.74) is 2.56. The summed E-state index contributed by atoms with van der Waals surface area (Å²) in [6.45, 7) is 3.63. The van der Waals surface area contributed by atoms with Crippen molar-refractivity contribution >= 4 is 17.7 Å². The summed E-state index contributed by atoms with van der Waals surface area (Å²) >= 11 is 0. The van der Waals surface area contributed by atoms with Gasteiger partial charge < -0.3 is 24.6 Å². The first-order valence-corrected chi connectivity index (χ1v) is 11.7. The van der Waals surface area contributed by atoms with Crippen molar-refractivity contribution in [1.29, 1.82) is 0 Å². The number of aromatic hydroxyl groups is 1. The van der Waals surface area contributed by atoms with Gasteiger partial charge in [0.15, 0.2) is 17.3 Å². The quantitative estimate of drug-likeness (QED) is 0.498. The molecule has 1 aromatic rings. The number of hydrogen-bond donors (Lipinski definition) is 2. The van der Waals surface area contributed by atoms with E-state index in [1.54, 1.807) is 19.1 Å². The second-order valence-electron chi connectivity index (χ2n) is 9.28. The van der Waals surface area contributed by atoms with Gasteiger partial charge in [-0.3, -0.25) is 9.59 Å². The number of methoxy groups -OCH3 is 2. The molecule has 0 aromatic heterocycles. The van der Waals surface area contributed by atoms with Crippen LogP contribution in [0.25, 0.3) is 0 Å². The lowest BCUT2D eigenvalue weighted by molar-refractivity contribution is -0.151. The van der Waals surface area contributed by atoms with Crippen molar-refractivity contribution in [1.82, 2.24) is 5.32 Å². The molecular weight excluding hydrogens is 438 g/mol. The predicted molar refractivity (Wildman–Crippen MR) is 123 cm³/mol. The standard InChI is InChI=1S/C26H31NO7/c1-13-11-17-23(24(29)20(13)25(30)33-4)22(15-9-10-18(28)19(12-15)32-3)21(14(2)27-17)26(31)34-16-7-5-6-8-16/h9-10,12-13,16,20,22,27-28H,5-8,11H2,1-4H3/t13-,20-,22-/m0/s1. The summed E-state index contributed by atoms with van der Waals surface area (Å²) in [6.07, 6.45) is 3.96. The summed E-state index contributed by atoms with van der Waals surface area (Å²) < 4.78 is 16.1. The highest BCUT2D eigenvalue weighted by Gasteiger charge is 2.47. The van der Waals surface area contributed by atoms with Crippen molar-refractivity contribution in [2.24, 2.45) is 11.8 Å². The molecule has 182 valence electrons. The van der Waals surface area contributed by atoms with Crippen LogP contribution < -0.4 is 10.1 Å². The molecule has 0 spiro atoms. The Morgan fingerprint density at radius 3 is 2.50 bits per heavy atom. The largest absolute Gasteiger partial charge is 0.504 e. The molecule has 0 bridgehead atoms. The first-order valence-electron chi connectivity index (χ1n) is 11.7. The smallest absolute Gasteiger partial charge is 0.337 e. The fourth-order valence-electron chi connectivity index (χ4n) is 5.38. The van der Waals surface area contributed by atoms with Gasteiger partial charge >= 0.3 is 11.9 Å². The van der Waals surface area contributed by atoms with Gasteiger partial charge in [-0.05, 0) is 62.6 Å². The number of hydrogen-bond acceptors (Lipinski definition) is 8. The van der Waals surface area contributed by atoms with Crippen molar-refractivity contribution in [3.8, 4) is 11.5 Å². The van der Waals surface area contributed by atoms with E-state index in [1.807, 2.05) is 6.92 Å². The molecule has 3 aliphatic rings. The van der Waals surface area contributed by atoms with Crippen LogP contribution >= 0.6 is 0 Å². The van der Waals surface area contributed by atoms with Gasteiger partial charge in [-0.15, -0.1) is 0 Å². The Morgan fingerprint density at radius 2 is 1.85 bits per heavy atom. The van der Waals surface area contributed by atoms with Crippen LogP contribution in [0, 0.1) is 11.8 Å². The van der Waals surface area contributed by atoms with E-state index in [-0.39, 0.29) is 29.3 Å². The van der Waals surface area contributed by atoms with Crippen molar-refractivity contribution in [2.45, 2.75) is 58.0 Å². The number of dihydropyridines is 1. The van der Waals surface area contributed by atoms with E-state index in [0.29, 0.717) is 34.5 Å². The monoisotopic (exact) mass is 469 g/mol. The summed E-state index contributed by atoms with van der Waals surface area (Å²) in [6, 6.07) is 4.75. The Morgan fingerprint density at radius 1 is 1.15 bits per heavy atom. The van der Waals surface area contributed by atoms with Crippen molar-refractivity contribution in [2.75, 3.05) is 14.2 Å². The molecule has 1 aromatic carbocycles. The zero-order valence-corrected chi connectivity index (χ0v) is 20.0. The van der Waals surface area contributed by atoms with Gasteiger partial charge in [0.1, 0.15) is 12.0 Å². The highest BCUT2D eigenvalue weighted by molar-refractivity contribution is 6.12. The van der Waals surface area contributed by atoms with E-state index in [9.17, 15) is 19.5 Å². The van der Waals surface area contributed by atoms with Gasteiger partial charge in [-0.25, -0.2) is 4.79 Å². The van der Waals surface area contributed by atoms with Crippen LogP contribution in [0.5, 0.6) is 11.5 Å². The molecule has 0 radical (unpaired) electrons. The zero-order valence-electron chi connectivity index (χ0n) is 20.0. The molecule has 8 nitrogen and oxygen atoms in total. The minimum absolute atomic E-state index is 0.0544. The summed E-state index contributed by atoms with van der Waals surface area (Å²) in [5.74, 6) is -3.27. The Balaban J connectivity index is 1.84. The Bertz CT molecular complexity index is 1080. The molecule has 1 fully saturated rings. The number of Topliss-reactive ketones (excluding diaryl/α,β-unsaturated/α-hetero) is 1. The minimum Gasteiger partial charge on any atom is -0.504 e. The molecular formula is C26H31NO7. The summed E-state index contributed by atoms with van der Waals surface area (Å²) in [5, 5.41) is 13.4. The number of carbonyl (C=O) groups is 3. The molecule has 1 saturated carbocycles. The number of phenols is 1.